The maximum atomic E-state index is 13.7. The molecule has 0 amide bonds. The lowest BCUT2D eigenvalue weighted by molar-refractivity contribution is -0.217. The molecule has 0 aromatic carbocycles. The highest BCUT2D eigenvalue weighted by molar-refractivity contribution is 5.90. The third-order valence-corrected chi connectivity index (χ3v) is 17.5. The smallest absolute Gasteiger partial charge is 0.146 e. The van der Waals surface area contributed by atoms with Crippen LogP contribution in [0.4, 0.5) is 0 Å². The molecule has 290 valence electrons. The minimum Gasteiger partial charge on any atom is -0.392 e. The Kier molecular flexibility index (Phi) is 11.5. The first-order valence-corrected chi connectivity index (χ1v) is 20.1. The molecule has 1 N–H and O–H groups in total. The fraction of sp³-hybridized carbons (Fsp3) is 0.864. The fourth-order valence-electron chi connectivity index (χ4n) is 13.7. The van der Waals surface area contributed by atoms with E-state index < -0.39 is 16.9 Å². The number of Topliss-reactive ketones (excluding diaryl/α,β-unsaturated/α-hetero) is 2. The van der Waals surface area contributed by atoms with Crippen molar-refractivity contribution in [2.45, 2.75) is 144 Å². The van der Waals surface area contributed by atoms with E-state index in [-0.39, 0.29) is 70.3 Å². The Labute approximate surface area is 310 Å². The molecule has 4 bridgehead atoms. The molecule has 7 heteroatoms. The van der Waals surface area contributed by atoms with Crippen LogP contribution in [0.1, 0.15) is 120 Å². The summed E-state index contributed by atoms with van der Waals surface area (Å²) in [4.78, 5) is 27.1. The van der Waals surface area contributed by atoms with E-state index in [0.29, 0.717) is 36.4 Å². The van der Waals surface area contributed by atoms with Crippen molar-refractivity contribution in [2.75, 3.05) is 28.1 Å². The molecule has 16 atom stereocenters. The molecule has 0 heterocycles. The maximum absolute atomic E-state index is 13.7. The number of ketones is 2. The van der Waals surface area contributed by atoms with E-state index in [1.54, 1.807) is 20.3 Å². The van der Waals surface area contributed by atoms with Crippen molar-refractivity contribution in [3.05, 3.63) is 25.3 Å². The topological polar surface area (TPSA) is 91.3 Å². The van der Waals surface area contributed by atoms with Crippen LogP contribution in [0.3, 0.4) is 0 Å². The van der Waals surface area contributed by atoms with Gasteiger partial charge in [0.15, 0.2) is 0 Å². The molecule has 0 spiro atoms. The first-order chi connectivity index (χ1) is 23.9. The highest BCUT2D eigenvalue weighted by Crippen LogP contribution is 2.70. The predicted octanol–water partition coefficient (Wildman–Crippen LogP) is 8.62. The van der Waals surface area contributed by atoms with Gasteiger partial charge in [-0.15, -0.1) is 13.2 Å². The number of allylic oxidation sites excluding steroid dienone is 2. The monoisotopic (exact) mass is 713 g/mol. The number of carbonyl (C=O) groups is 2. The third kappa shape index (κ3) is 5.83. The maximum Gasteiger partial charge on any atom is 0.146 e. The van der Waals surface area contributed by atoms with Gasteiger partial charge in [0.1, 0.15) is 18.4 Å². The van der Waals surface area contributed by atoms with Gasteiger partial charge in [0, 0.05) is 54.8 Å². The number of hydrogen-bond donors (Lipinski definition) is 1. The van der Waals surface area contributed by atoms with Gasteiger partial charge in [-0.2, -0.15) is 0 Å². The fourth-order valence-corrected chi connectivity index (χ4v) is 13.7. The first kappa shape index (κ1) is 40.8. The summed E-state index contributed by atoms with van der Waals surface area (Å²) in [6.45, 7) is 25.8. The zero-order valence-corrected chi connectivity index (χ0v) is 34.0. The van der Waals surface area contributed by atoms with E-state index in [0.717, 1.165) is 51.4 Å². The average molecular weight is 713 g/mol. The molecule has 0 saturated heterocycles. The SMILES string of the molecule is C=C[C@]1(C)C[C@@H](O)[C@@]2(C)C3[C@H](OC)CCC3(CC[C@H]2C)[C@@H](C)C1=O.C=C[C@]1(C)C[C@@H](OCOC)[C@@]2(C)C3[C@H](OC)CCC3(CC[C@H]2C)[C@@H](C)C1=O. The molecule has 6 aliphatic rings. The second-order valence-corrected chi connectivity index (χ2v) is 19.1. The van der Waals surface area contributed by atoms with E-state index in [9.17, 15) is 14.7 Å². The number of hydrogen-bond acceptors (Lipinski definition) is 7. The second kappa shape index (κ2) is 14.4. The van der Waals surface area contributed by atoms with Crippen molar-refractivity contribution in [2.24, 2.45) is 68.0 Å². The van der Waals surface area contributed by atoms with Crippen molar-refractivity contribution in [1.29, 1.82) is 0 Å². The summed E-state index contributed by atoms with van der Waals surface area (Å²) < 4.78 is 23.5. The van der Waals surface area contributed by atoms with Crippen LogP contribution in [0.2, 0.25) is 0 Å². The van der Waals surface area contributed by atoms with Crippen molar-refractivity contribution in [1.82, 2.24) is 0 Å². The molecule has 0 aromatic rings. The summed E-state index contributed by atoms with van der Waals surface area (Å²) in [5, 5.41) is 11.3. The van der Waals surface area contributed by atoms with Gasteiger partial charge in [-0.05, 0) is 113 Å². The van der Waals surface area contributed by atoms with E-state index in [2.05, 4.69) is 54.7 Å². The van der Waals surface area contributed by atoms with Crippen LogP contribution in [0.25, 0.3) is 0 Å². The lowest BCUT2D eigenvalue weighted by atomic mass is 9.44. The van der Waals surface area contributed by atoms with Gasteiger partial charge in [0.05, 0.1) is 24.4 Å². The summed E-state index contributed by atoms with van der Waals surface area (Å²) in [6.07, 6.45) is 13.1. The lowest BCUT2D eigenvalue weighted by Crippen LogP contribution is -2.62. The molecule has 4 unspecified atom stereocenters. The molecule has 7 nitrogen and oxygen atoms in total. The minimum atomic E-state index is -0.639. The van der Waals surface area contributed by atoms with Crippen LogP contribution >= 0.6 is 0 Å². The highest BCUT2D eigenvalue weighted by atomic mass is 16.7. The van der Waals surface area contributed by atoms with E-state index in [1.807, 2.05) is 27.0 Å². The summed E-state index contributed by atoms with van der Waals surface area (Å²) >= 11 is 0. The molecule has 0 aliphatic heterocycles. The molecule has 6 aliphatic carbocycles. The number of methoxy groups -OCH3 is 3. The lowest BCUT2D eigenvalue weighted by Gasteiger charge is -2.62. The number of aliphatic hydroxyl groups is 1. The van der Waals surface area contributed by atoms with E-state index in [4.69, 9.17) is 18.9 Å². The van der Waals surface area contributed by atoms with Gasteiger partial charge in [0.25, 0.3) is 0 Å². The van der Waals surface area contributed by atoms with Crippen LogP contribution in [-0.2, 0) is 28.5 Å². The summed E-state index contributed by atoms with van der Waals surface area (Å²) in [5.41, 5.74) is -1.52. The Morgan fingerprint density at radius 1 is 0.686 bits per heavy atom. The van der Waals surface area contributed by atoms with Gasteiger partial charge < -0.3 is 24.1 Å². The summed E-state index contributed by atoms with van der Waals surface area (Å²) in [5.74, 6) is 2.09. The molecule has 0 radical (unpaired) electrons. The van der Waals surface area contributed by atoms with Crippen molar-refractivity contribution in [3.8, 4) is 0 Å². The number of carbonyl (C=O) groups excluding carboxylic acids is 2. The zero-order chi connectivity index (χ0) is 37.9. The van der Waals surface area contributed by atoms with Crippen LogP contribution in [-0.4, -0.2) is 69.2 Å². The quantitative estimate of drug-likeness (QED) is 0.209. The van der Waals surface area contributed by atoms with Crippen molar-refractivity contribution < 1.29 is 33.6 Å². The van der Waals surface area contributed by atoms with Crippen LogP contribution < -0.4 is 0 Å². The van der Waals surface area contributed by atoms with Gasteiger partial charge >= 0.3 is 0 Å². The van der Waals surface area contributed by atoms with Crippen molar-refractivity contribution in [3.63, 3.8) is 0 Å². The minimum absolute atomic E-state index is 0.00160. The third-order valence-electron chi connectivity index (χ3n) is 17.5. The Morgan fingerprint density at radius 2 is 1.10 bits per heavy atom. The Bertz CT molecular complexity index is 1330. The normalized spacial score (nSPS) is 52.2. The predicted molar refractivity (Wildman–Crippen MR) is 202 cm³/mol. The average Bonchev–Trinajstić information content (AvgIpc) is 3.72. The van der Waals surface area contributed by atoms with Gasteiger partial charge in [-0.25, -0.2) is 0 Å². The number of aliphatic hydroxyl groups excluding tert-OH is 1. The zero-order valence-electron chi connectivity index (χ0n) is 34.0. The Hall–Kier alpha value is -1.38. The van der Waals surface area contributed by atoms with Gasteiger partial charge in [-0.3, -0.25) is 9.59 Å². The molecular weight excluding hydrogens is 640 g/mol. The van der Waals surface area contributed by atoms with Crippen LogP contribution in [0.15, 0.2) is 25.3 Å². The van der Waals surface area contributed by atoms with E-state index in [1.165, 1.54) is 0 Å². The van der Waals surface area contributed by atoms with E-state index >= 15 is 0 Å². The molecular formula is C44H72O7. The molecule has 6 rings (SSSR count). The summed E-state index contributed by atoms with van der Waals surface area (Å²) in [7, 11) is 5.28. The molecule has 6 fully saturated rings. The summed E-state index contributed by atoms with van der Waals surface area (Å²) in [6, 6.07) is 0. The first-order valence-electron chi connectivity index (χ1n) is 20.1. The molecule has 6 saturated carbocycles. The highest BCUT2D eigenvalue weighted by Gasteiger charge is 2.69. The number of rotatable bonds is 7. The van der Waals surface area contributed by atoms with Crippen molar-refractivity contribution >= 4 is 11.6 Å². The van der Waals surface area contributed by atoms with Crippen LogP contribution in [0.5, 0.6) is 0 Å². The van der Waals surface area contributed by atoms with Crippen LogP contribution in [0, 0.1) is 68.0 Å². The van der Waals surface area contributed by atoms with Gasteiger partial charge in [0.2, 0.25) is 0 Å². The molecule has 51 heavy (non-hydrogen) atoms. The Balaban J connectivity index is 0.000000199. The Morgan fingerprint density at radius 3 is 1.53 bits per heavy atom. The standard InChI is InChI=1S/C23H38O4.C21H34O3/c1-8-21(4)13-18(27-14-25-6)22(5)15(2)9-11-23(16(3)20(21)24)12-10-17(26-7)19(22)23;1-7-19(4)12-16(22)20(5)13(2)8-10-21(14(3)18(19)23)11-9-15(24-6)17(20)21/h8,15-19H,1,9-14H2,2-7H3;7,13-17,22H,1,8-12H2,2-6H3/t15-,16+,17-,18-,19?,21-,22+,23?;13-,14+,15-,16-,17?,19-,20+,21?/m11/s1. The number of ether oxygens (including phenoxy) is 4. The largest absolute Gasteiger partial charge is 0.392 e. The second-order valence-electron chi connectivity index (χ2n) is 19.1. The molecule has 0 aromatic heterocycles. The van der Waals surface area contributed by atoms with Gasteiger partial charge in [-0.1, -0.05) is 53.7 Å².